The normalized spacial score (nSPS) is 16.0. The van der Waals surface area contributed by atoms with Gasteiger partial charge in [0.05, 0.1) is 13.2 Å². The lowest BCUT2D eigenvalue weighted by molar-refractivity contribution is 0.205. The van der Waals surface area contributed by atoms with Crippen LogP contribution >= 0.6 is 0 Å². The molecule has 1 aromatic rings. The molecule has 0 bridgehead atoms. The van der Waals surface area contributed by atoms with Crippen LogP contribution in [0.4, 0.5) is 10.1 Å². The second kappa shape index (κ2) is 7.10. The summed E-state index contributed by atoms with van der Waals surface area (Å²) in [5.41, 5.74) is 0.0423. The Hall–Kier alpha value is -1.60. The van der Waals surface area contributed by atoms with Crippen molar-refractivity contribution in [3.8, 4) is 5.75 Å². The summed E-state index contributed by atoms with van der Waals surface area (Å²) < 4.78 is 18.9. The number of likely N-dealkylation sites (tertiary alicyclic amines) is 1. The summed E-state index contributed by atoms with van der Waals surface area (Å²) in [6, 6.07) is 4.40. The van der Waals surface area contributed by atoms with Crippen LogP contribution in [0.25, 0.3) is 4.85 Å². The molecule has 0 N–H and O–H groups in total. The SMILES string of the molecule is [C-]#[N+]c1ccc(OCCCN2CCCCC2)cc1F. The van der Waals surface area contributed by atoms with Crippen LogP contribution in [-0.2, 0) is 0 Å². The number of benzene rings is 1. The van der Waals surface area contributed by atoms with E-state index in [-0.39, 0.29) is 5.69 Å². The maximum atomic E-state index is 13.3. The zero-order valence-corrected chi connectivity index (χ0v) is 11.1. The average molecular weight is 262 g/mol. The maximum absolute atomic E-state index is 13.3. The topological polar surface area (TPSA) is 16.8 Å². The monoisotopic (exact) mass is 262 g/mol. The first-order valence-corrected chi connectivity index (χ1v) is 6.82. The fraction of sp³-hybridized carbons (Fsp3) is 0.533. The Morgan fingerprint density at radius 3 is 2.74 bits per heavy atom. The van der Waals surface area contributed by atoms with E-state index in [2.05, 4.69) is 9.74 Å². The fourth-order valence-electron chi connectivity index (χ4n) is 2.33. The molecule has 0 spiro atoms. The first-order chi connectivity index (χ1) is 9.29. The van der Waals surface area contributed by atoms with Gasteiger partial charge in [-0.25, -0.2) is 9.24 Å². The van der Waals surface area contributed by atoms with Crippen molar-refractivity contribution in [3.63, 3.8) is 0 Å². The molecule has 102 valence electrons. The maximum Gasteiger partial charge on any atom is 0.222 e. The first-order valence-electron chi connectivity index (χ1n) is 6.82. The Bertz CT molecular complexity index is 450. The molecule has 0 unspecified atom stereocenters. The van der Waals surface area contributed by atoms with Gasteiger partial charge in [0, 0.05) is 12.6 Å². The van der Waals surface area contributed by atoms with Crippen molar-refractivity contribution in [1.29, 1.82) is 0 Å². The van der Waals surface area contributed by atoms with Crippen LogP contribution in [0.1, 0.15) is 25.7 Å². The molecule has 0 atom stereocenters. The fourth-order valence-corrected chi connectivity index (χ4v) is 2.33. The van der Waals surface area contributed by atoms with E-state index in [1.54, 1.807) is 6.07 Å². The lowest BCUT2D eigenvalue weighted by atomic mass is 10.1. The molecule has 1 heterocycles. The van der Waals surface area contributed by atoms with Gasteiger partial charge in [-0.05, 0) is 44.5 Å². The van der Waals surface area contributed by atoms with Crippen molar-refractivity contribution in [2.24, 2.45) is 0 Å². The zero-order valence-electron chi connectivity index (χ0n) is 11.1. The molecule has 0 aromatic heterocycles. The highest BCUT2D eigenvalue weighted by atomic mass is 19.1. The predicted octanol–water partition coefficient (Wildman–Crippen LogP) is 3.63. The molecule has 1 aliphatic heterocycles. The molecule has 4 heteroatoms. The number of piperidine rings is 1. The second-order valence-electron chi connectivity index (χ2n) is 4.83. The van der Waals surface area contributed by atoms with E-state index in [4.69, 9.17) is 11.3 Å². The minimum atomic E-state index is -0.511. The van der Waals surface area contributed by atoms with Crippen LogP contribution < -0.4 is 4.74 Å². The summed E-state index contributed by atoms with van der Waals surface area (Å²) >= 11 is 0. The van der Waals surface area contributed by atoms with Gasteiger partial charge in [-0.2, -0.15) is 0 Å². The third kappa shape index (κ3) is 4.22. The predicted molar refractivity (Wildman–Crippen MR) is 73.1 cm³/mol. The first kappa shape index (κ1) is 13.8. The highest BCUT2D eigenvalue weighted by Gasteiger charge is 2.09. The van der Waals surface area contributed by atoms with Crippen molar-refractivity contribution in [3.05, 3.63) is 35.4 Å². The Balaban J connectivity index is 1.70. The molecular weight excluding hydrogens is 243 g/mol. The van der Waals surface area contributed by atoms with Crippen molar-refractivity contribution in [1.82, 2.24) is 4.90 Å². The van der Waals surface area contributed by atoms with E-state index >= 15 is 0 Å². The number of hydrogen-bond donors (Lipinski definition) is 0. The van der Waals surface area contributed by atoms with Crippen LogP contribution in [0.2, 0.25) is 0 Å². The lowest BCUT2D eigenvalue weighted by Crippen LogP contribution is -2.31. The third-order valence-corrected chi connectivity index (χ3v) is 3.38. The molecule has 0 saturated carbocycles. The number of rotatable bonds is 5. The van der Waals surface area contributed by atoms with Crippen LogP contribution in [0.3, 0.4) is 0 Å². The van der Waals surface area contributed by atoms with Gasteiger partial charge in [0.15, 0.2) is 0 Å². The molecule has 19 heavy (non-hydrogen) atoms. The molecule has 1 saturated heterocycles. The average Bonchev–Trinajstić information content (AvgIpc) is 2.45. The van der Waals surface area contributed by atoms with Crippen LogP contribution in [0.15, 0.2) is 18.2 Å². The summed E-state index contributed by atoms with van der Waals surface area (Å²) in [5.74, 6) is -0.00734. The van der Waals surface area contributed by atoms with E-state index < -0.39 is 5.82 Å². The van der Waals surface area contributed by atoms with Gasteiger partial charge in [0.1, 0.15) is 11.6 Å². The van der Waals surface area contributed by atoms with Gasteiger partial charge < -0.3 is 9.64 Å². The number of halogens is 1. The summed E-state index contributed by atoms with van der Waals surface area (Å²) in [4.78, 5) is 5.54. The Labute approximate surface area is 113 Å². The van der Waals surface area contributed by atoms with E-state index in [0.717, 1.165) is 13.0 Å². The van der Waals surface area contributed by atoms with Crippen LogP contribution in [-0.4, -0.2) is 31.1 Å². The summed E-state index contributed by atoms with van der Waals surface area (Å²) in [7, 11) is 0. The lowest BCUT2D eigenvalue weighted by Gasteiger charge is -2.26. The van der Waals surface area contributed by atoms with E-state index in [1.807, 2.05) is 0 Å². The Morgan fingerprint density at radius 2 is 2.05 bits per heavy atom. The summed E-state index contributed by atoms with van der Waals surface area (Å²) in [6.07, 6.45) is 4.89. The van der Waals surface area contributed by atoms with Gasteiger partial charge in [0.25, 0.3) is 0 Å². The van der Waals surface area contributed by atoms with E-state index in [1.165, 1.54) is 44.5 Å². The molecule has 0 radical (unpaired) electrons. The summed E-state index contributed by atoms with van der Waals surface area (Å²) in [5, 5.41) is 0. The van der Waals surface area contributed by atoms with E-state index in [0.29, 0.717) is 12.4 Å². The minimum absolute atomic E-state index is 0.0423. The van der Waals surface area contributed by atoms with Gasteiger partial charge in [-0.1, -0.05) is 6.42 Å². The van der Waals surface area contributed by atoms with Gasteiger partial charge >= 0.3 is 0 Å². The van der Waals surface area contributed by atoms with Crippen molar-refractivity contribution >= 4 is 5.69 Å². The molecule has 0 aliphatic carbocycles. The number of ether oxygens (including phenoxy) is 1. The van der Waals surface area contributed by atoms with Gasteiger partial charge in [-0.15, -0.1) is 0 Å². The molecule has 3 nitrogen and oxygen atoms in total. The second-order valence-corrected chi connectivity index (χ2v) is 4.83. The summed E-state index contributed by atoms with van der Waals surface area (Å²) in [6.45, 7) is 10.8. The molecule has 1 aliphatic rings. The molecule has 0 amide bonds. The number of nitrogens with zero attached hydrogens (tertiary/aromatic N) is 2. The molecule has 1 fully saturated rings. The highest BCUT2D eigenvalue weighted by molar-refractivity contribution is 5.48. The highest BCUT2D eigenvalue weighted by Crippen LogP contribution is 2.22. The smallest absolute Gasteiger partial charge is 0.222 e. The zero-order chi connectivity index (χ0) is 13.5. The van der Waals surface area contributed by atoms with Crippen LogP contribution in [0, 0.1) is 12.4 Å². The molecule has 1 aromatic carbocycles. The van der Waals surface area contributed by atoms with Gasteiger partial charge in [0.2, 0.25) is 5.69 Å². The van der Waals surface area contributed by atoms with Crippen LogP contribution in [0.5, 0.6) is 5.75 Å². The van der Waals surface area contributed by atoms with Crippen molar-refractivity contribution in [2.75, 3.05) is 26.2 Å². The molecular formula is C15H19FN2O. The third-order valence-electron chi connectivity index (χ3n) is 3.38. The standard InChI is InChI=1S/C15H19FN2O/c1-17-15-7-6-13(12-14(15)16)19-11-5-10-18-8-3-2-4-9-18/h6-7,12H,2-5,8-11H2. The van der Waals surface area contributed by atoms with Crippen molar-refractivity contribution in [2.45, 2.75) is 25.7 Å². The Morgan fingerprint density at radius 1 is 1.26 bits per heavy atom. The quantitative estimate of drug-likeness (QED) is 0.595. The largest absolute Gasteiger partial charge is 0.494 e. The Kier molecular flexibility index (Phi) is 5.17. The van der Waals surface area contributed by atoms with E-state index in [9.17, 15) is 4.39 Å². The number of hydrogen-bond acceptors (Lipinski definition) is 2. The van der Waals surface area contributed by atoms with Crippen molar-refractivity contribution < 1.29 is 9.13 Å². The minimum Gasteiger partial charge on any atom is -0.494 e. The molecule has 2 rings (SSSR count). The van der Waals surface area contributed by atoms with Gasteiger partial charge in [-0.3, -0.25) is 0 Å².